The summed E-state index contributed by atoms with van der Waals surface area (Å²) in [6.45, 7) is 1.76. The zero-order valence-electron chi connectivity index (χ0n) is 10.9. The summed E-state index contributed by atoms with van der Waals surface area (Å²) in [5, 5.41) is 3.41. The van der Waals surface area contributed by atoms with Crippen LogP contribution in [-0.2, 0) is 4.74 Å². The van der Waals surface area contributed by atoms with Crippen molar-refractivity contribution in [3.8, 4) is 5.75 Å². The Morgan fingerprint density at radius 3 is 2.94 bits per heavy atom. The van der Waals surface area contributed by atoms with Crippen molar-refractivity contribution in [3.05, 3.63) is 29.8 Å². The Kier molecular flexibility index (Phi) is 3.52. The van der Waals surface area contributed by atoms with Crippen LogP contribution in [0.25, 0.3) is 0 Å². The molecular weight excluding hydrogens is 226 g/mol. The molecule has 0 spiro atoms. The highest BCUT2D eigenvalue weighted by Crippen LogP contribution is 2.38. The van der Waals surface area contributed by atoms with Gasteiger partial charge in [0.1, 0.15) is 11.9 Å². The molecule has 3 unspecified atom stereocenters. The number of rotatable bonds is 2. The van der Waals surface area contributed by atoms with Gasteiger partial charge < -0.3 is 14.8 Å². The highest BCUT2D eigenvalue weighted by molar-refractivity contribution is 5.38. The molecule has 98 valence electrons. The van der Waals surface area contributed by atoms with E-state index in [2.05, 4.69) is 23.5 Å². The van der Waals surface area contributed by atoms with Crippen LogP contribution in [0.15, 0.2) is 24.3 Å². The van der Waals surface area contributed by atoms with E-state index in [1.54, 1.807) is 0 Å². The van der Waals surface area contributed by atoms with Crippen molar-refractivity contribution in [2.24, 2.45) is 5.92 Å². The largest absolute Gasteiger partial charge is 0.490 e. The van der Waals surface area contributed by atoms with Gasteiger partial charge in [0, 0.05) is 30.6 Å². The van der Waals surface area contributed by atoms with E-state index in [0.29, 0.717) is 12.0 Å². The van der Waals surface area contributed by atoms with Crippen molar-refractivity contribution >= 4 is 0 Å². The standard InChI is InChI=1S/C15H21NO2/c1-16-13-9-15(11-5-4-8-17-10-11)18-14-7-3-2-6-12(13)14/h2-3,6-7,11,13,15-16H,4-5,8-10H2,1H3. The van der Waals surface area contributed by atoms with Gasteiger partial charge in [0.15, 0.2) is 0 Å². The van der Waals surface area contributed by atoms with Gasteiger partial charge >= 0.3 is 0 Å². The summed E-state index contributed by atoms with van der Waals surface area (Å²) >= 11 is 0. The monoisotopic (exact) mass is 247 g/mol. The van der Waals surface area contributed by atoms with E-state index >= 15 is 0 Å². The zero-order valence-corrected chi connectivity index (χ0v) is 10.9. The lowest BCUT2D eigenvalue weighted by molar-refractivity contribution is -0.0107. The second-order valence-electron chi connectivity index (χ2n) is 5.25. The summed E-state index contributed by atoms with van der Waals surface area (Å²) in [7, 11) is 2.03. The fourth-order valence-corrected chi connectivity index (χ4v) is 3.07. The molecule has 3 heteroatoms. The predicted molar refractivity (Wildman–Crippen MR) is 70.8 cm³/mol. The van der Waals surface area contributed by atoms with E-state index in [1.807, 2.05) is 13.1 Å². The molecule has 0 aromatic heterocycles. The number of para-hydroxylation sites is 1. The number of hydrogen-bond acceptors (Lipinski definition) is 3. The fourth-order valence-electron chi connectivity index (χ4n) is 3.07. The van der Waals surface area contributed by atoms with Gasteiger partial charge in [-0.25, -0.2) is 0 Å². The van der Waals surface area contributed by atoms with Crippen LogP contribution in [0.3, 0.4) is 0 Å². The molecule has 1 aromatic carbocycles. The summed E-state index contributed by atoms with van der Waals surface area (Å²) in [6, 6.07) is 8.77. The third-order valence-electron chi connectivity index (χ3n) is 4.11. The average molecular weight is 247 g/mol. The van der Waals surface area contributed by atoms with Gasteiger partial charge in [0.25, 0.3) is 0 Å². The molecule has 0 amide bonds. The molecule has 1 fully saturated rings. The third kappa shape index (κ3) is 2.25. The number of ether oxygens (including phenoxy) is 2. The van der Waals surface area contributed by atoms with Crippen LogP contribution in [0.5, 0.6) is 5.75 Å². The summed E-state index contributed by atoms with van der Waals surface area (Å²) < 4.78 is 11.8. The maximum atomic E-state index is 6.18. The van der Waals surface area contributed by atoms with Crippen LogP contribution in [0.1, 0.15) is 30.9 Å². The van der Waals surface area contributed by atoms with Crippen molar-refractivity contribution in [2.45, 2.75) is 31.4 Å². The maximum absolute atomic E-state index is 6.18. The molecule has 0 bridgehead atoms. The topological polar surface area (TPSA) is 30.5 Å². The van der Waals surface area contributed by atoms with Crippen molar-refractivity contribution in [2.75, 3.05) is 20.3 Å². The third-order valence-corrected chi connectivity index (χ3v) is 4.11. The van der Waals surface area contributed by atoms with Gasteiger partial charge in [0.05, 0.1) is 6.61 Å². The Morgan fingerprint density at radius 2 is 2.17 bits per heavy atom. The minimum absolute atomic E-state index is 0.289. The van der Waals surface area contributed by atoms with Crippen LogP contribution in [0, 0.1) is 5.92 Å². The lowest BCUT2D eigenvalue weighted by Crippen LogP contribution is -2.39. The second kappa shape index (κ2) is 5.29. The smallest absolute Gasteiger partial charge is 0.124 e. The summed E-state index contributed by atoms with van der Waals surface area (Å²) in [5.74, 6) is 1.58. The van der Waals surface area contributed by atoms with Crippen molar-refractivity contribution in [1.82, 2.24) is 5.32 Å². The van der Waals surface area contributed by atoms with Gasteiger partial charge in [0.2, 0.25) is 0 Å². The molecule has 1 saturated heterocycles. The molecule has 2 heterocycles. The lowest BCUT2D eigenvalue weighted by atomic mass is 9.87. The molecule has 0 radical (unpaired) electrons. The van der Waals surface area contributed by atoms with Crippen LogP contribution < -0.4 is 10.1 Å². The van der Waals surface area contributed by atoms with Crippen LogP contribution in [-0.4, -0.2) is 26.4 Å². The lowest BCUT2D eigenvalue weighted by Gasteiger charge is -2.37. The summed E-state index contributed by atoms with van der Waals surface area (Å²) in [5.41, 5.74) is 1.29. The molecular formula is C15H21NO2. The van der Waals surface area contributed by atoms with Gasteiger partial charge in [-0.3, -0.25) is 0 Å². The average Bonchev–Trinajstić information content (AvgIpc) is 2.47. The second-order valence-corrected chi connectivity index (χ2v) is 5.25. The van der Waals surface area contributed by atoms with E-state index < -0.39 is 0 Å². The molecule has 0 aliphatic carbocycles. The zero-order chi connectivity index (χ0) is 12.4. The van der Waals surface area contributed by atoms with E-state index in [0.717, 1.165) is 31.8 Å². The summed E-state index contributed by atoms with van der Waals surface area (Å²) in [6.07, 6.45) is 3.72. The Bertz CT molecular complexity index is 401. The molecule has 0 saturated carbocycles. The minimum atomic E-state index is 0.289. The SMILES string of the molecule is CNC1CC(C2CCCOC2)Oc2ccccc21. The van der Waals surface area contributed by atoms with Gasteiger partial charge in [-0.2, -0.15) is 0 Å². The molecule has 1 aromatic rings. The van der Waals surface area contributed by atoms with Crippen LogP contribution >= 0.6 is 0 Å². The number of fused-ring (bicyclic) bond motifs is 1. The van der Waals surface area contributed by atoms with E-state index in [1.165, 1.54) is 12.0 Å². The van der Waals surface area contributed by atoms with Crippen LogP contribution in [0.4, 0.5) is 0 Å². The van der Waals surface area contributed by atoms with E-state index in [-0.39, 0.29) is 6.10 Å². The maximum Gasteiger partial charge on any atom is 0.124 e. The first kappa shape index (κ1) is 12.0. The summed E-state index contributed by atoms with van der Waals surface area (Å²) in [4.78, 5) is 0. The molecule has 2 aliphatic rings. The number of nitrogens with one attached hydrogen (secondary N) is 1. The first-order valence-corrected chi connectivity index (χ1v) is 6.89. The minimum Gasteiger partial charge on any atom is -0.490 e. The first-order valence-electron chi connectivity index (χ1n) is 6.89. The first-order chi connectivity index (χ1) is 8.88. The Morgan fingerprint density at radius 1 is 1.28 bits per heavy atom. The molecule has 3 nitrogen and oxygen atoms in total. The highest BCUT2D eigenvalue weighted by Gasteiger charge is 2.33. The van der Waals surface area contributed by atoms with Gasteiger partial charge in [-0.15, -0.1) is 0 Å². The molecule has 1 N–H and O–H groups in total. The van der Waals surface area contributed by atoms with Crippen molar-refractivity contribution in [3.63, 3.8) is 0 Å². The Labute approximate surface area is 108 Å². The fraction of sp³-hybridized carbons (Fsp3) is 0.600. The van der Waals surface area contributed by atoms with Gasteiger partial charge in [-0.05, 0) is 26.0 Å². The van der Waals surface area contributed by atoms with E-state index in [9.17, 15) is 0 Å². The molecule has 18 heavy (non-hydrogen) atoms. The normalized spacial score (nSPS) is 31.5. The van der Waals surface area contributed by atoms with E-state index in [4.69, 9.17) is 9.47 Å². The molecule has 3 rings (SSSR count). The number of hydrogen-bond donors (Lipinski definition) is 1. The number of benzene rings is 1. The van der Waals surface area contributed by atoms with Crippen molar-refractivity contribution < 1.29 is 9.47 Å². The quantitative estimate of drug-likeness (QED) is 0.871. The predicted octanol–water partition coefficient (Wildman–Crippen LogP) is 2.52. The Balaban J connectivity index is 1.80. The van der Waals surface area contributed by atoms with Crippen molar-refractivity contribution in [1.29, 1.82) is 0 Å². The highest BCUT2D eigenvalue weighted by atomic mass is 16.5. The van der Waals surface area contributed by atoms with Crippen LogP contribution in [0.2, 0.25) is 0 Å². The van der Waals surface area contributed by atoms with Gasteiger partial charge in [-0.1, -0.05) is 18.2 Å². The Hall–Kier alpha value is -1.06. The molecule has 2 aliphatic heterocycles. The molecule has 3 atom stereocenters.